The third-order valence-corrected chi connectivity index (χ3v) is 5.63. The van der Waals surface area contributed by atoms with E-state index in [1.54, 1.807) is 30.3 Å². The van der Waals surface area contributed by atoms with Gasteiger partial charge in [-0.1, -0.05) is 41.9 Å². The summed E-state index contributed by atoms with van der Waals surface area (Å²) in [6.07, 6.45) is 0. The van der Waals surface area contributed by atoms with Gasteiger partial charge in [0.1, 0.15) is 17.3 Å². The average Bonchev–Trinajstić information content (AvgIpc) is 3.00. The highest BCUT2D eigenvalue weighted by Gasteiger charge is 2.41. The molecule has 2 amide bonds. The van der Waals surface area contributed by atoms with Gasteiger partial charge in [-0.2, -0.15) is 0 Å². The number of carbonyl (C=O) groups is 2. The molecule has 0 spiro atoms. The van der Waals surface area contributed by atoms with Gasteiger partial charge in [0.15, 0.2) is 0 Å². The number of carbonyl (C=O) groups excluding carboxylic acids is 2. The molecule has 0 aliphatic carbocycles. The molecular weight excluding hydrogens is 431 g/mol. The predicted octanol–water partition coefficient (Wildman–Crippen LogP) is 5.50. The topological polar surface area (TPSA) is 58.6 Å². The van der Waals surface area contributed by atoms with Crippen LogP contribution in [0.5, 0.6) is 5.75 Å². The van der Waals surface area contributed by atoms with Crippen molar-refractivity contribution in [3.63, 3.8) is 0 Å². The summed E-state index contributed by atoms with van der Waals surface area (Å²) in [5, 5.41) is 3.44. The quantitative estimate of drug-likeness (QED) is 0.521. The fourth-order valence-electron chi connectivity index (χ4n) is 3.57. The molecule has 32 heavy (non-hydrogen) atoms. The van der Waals surface area contributed by atoms with Crippen molar-refractivity contribution in [3.05, 3.63) is 93.9 Å². The number of amides is 2. The van der Waals surface area contributed by atoms with Crippen molar-refractivity contribution in [3.8, 4) is 5.75 Å². The Kier molecular flexibility index (Phi) is 5.72. The molecule has 0 aromatic heterocycles. The summed E-state index contributed by atoms with van der Waals surface area (Å²) in [6, 6.07) is 16.0. The summed E-state index contributed by atoms with van der Waals surface area (Å²) in [5.74, 6) is -1.52. The van der Waals surface area contributed by atoms with Gasteiger partial charge in [-0.3, -0.25) is 9.59 Å². The predicted molar refractivity (Wildman–Crippen MR) is 123 cm³/mol. The normalized spacial score (nSPS) is 13.7. The molecule has 1 aliphatic heterocycles. The van der Waals surface area contributed by atoms with E-state index in [1.807, 2.05) is 26.0 Å². The number of halogens is 2. The van der Waals surface area contributed by atoms with Crippen LogP contribution < -0.4 is 15.0 Å². The van der Waals surface area contributed by atoms with E-state index in [1.165, 1.54) is 25.3 Å². The number of hydrogen-bond donors (Lipinski definition) is 1. The molecular formula is C25H20ClFN2O3. The molecule has 0 radical (unpaired) electrons. The number of methoxy groups -OCH3 is 1. The van der Waals surface area contributed by atoms with Crippen molar-refractivity contribution in [2.45, 2.75) is 13.8 Å². The highest BCUT2D eigenvalue weighted by Crippen LogP contribution is 2.37. The molecule has 1 heterocycles. The van der Waals surface area contributed by atoms with Crippen LogP contribution in [-0.4, -0.2) is 18.9 Å². The van der Waals surface area contributed by atoms with Gasteiger partial charge in [0, 0.05) is 5.02 Å². The van der Waals surface area contributed by atoms with E-state index in [9.17, 15) is 14.0 Å². The minimum atomic E-state index is -0.671. The molecule has 0 saturated carbocycles. The van der Waals surface area contributed by atoms with Crippen LogP contribution in [0.25, 0.3) is 5.57 Å². The van der Waals surface area contributed by atoms with Crippen molar-refractivity contribution in [2.75, 3.05) is 17.3 Å². The molecule has 7 heteroatoms. The maximum absolute atomic E-state index is 14.5. The lowest BCUT2D eigenvalue weighted by Crippen LogP contribution is -2.33. The molecule has 1 N–H and O–H groups in total. The summed E-state index contributed by atoms with van der Waals surface area (Å²) < 4.78 is 19.9. The monoisotopic (exact) mass is 450 g/mol. The number of benzene rings is 3. The molecule has 4 rings (SSSR count). The van der Waals surface area contributed by atoms with Gasteiger partial charge < -0.3 is 10.1 Å². The molecule has 0 fully saturated rings. The smallest absolute Gasteiger partial charge is 0.282 e. The number of anilines is 2. The highest BCUT2D eigenvalue weighted by atomic mass is 35.5. The molecule has 0 saturated heterocycles. The van der Waals surface area contributed by atoms with Crippen LogP contribution >= 0.6 is 11.6 Å². The van der Waals surface area contributed by atoms with Crippen LogP contribution in [0.2, 0.25) is 5.02 Å². The standard InChI is InChI=1S/C25H20ClFN2O3/c1-14-8-9-16(12-15(14)2)22-23(28-19-13-17(26)10-11-21(19)32-3)25(31)29(24(22)30)20-7-5-4-6-18(20)27/h4-13,28H,1-3H3. The lowest BCUT2D eigenvalue weighted by molar-refractivity contribution is -0.120. The number of para-hydroxylation sites is 1. The van der Waals surface area contributed by atoms with Crippen LogP contribution in [-0.2, 0) is 9.59 Å². The van der Waals surface area contributed by atoms with E-state index < -0.39 is 17.6 Å². The van der Waals surface area contributed by atoms with Crippen LogP contribution in [0.3, 0.4) is 0 Å². The van der Waals surface area contributed by atoms with E-state index in [-0.39, 0.29) is 17.0 Å². The van der Waals surface area contributed by atoms with E-state index in [0.717, 1.165) is 16.0 Å². The average molecular weight is 451 g/mol. The van der Waals surface area contributed by atoms with Crippen LogP contribution in [0.1, 0.15) is 16.7 Å². The Morgan fingerprint density at radius 2 is 1.69 bits per heavy atom. The Bertz CT molecular complexity index is 1290. The van der Waals surface area contributed by atoms with Gasteiger partial charge in [0.05, 0.1) is 24.1 Å². The first-order valence-corrected chi connectivity index (χ1v) is 10.3. The summed E-state index contributed by atoms with van der Waals surface area (Å²) >= 11 is 6.14. The number of nitrogens with zero attached hydrogens (tertiary/aromatic N) is 1. The molecule has 0 bridgehead atoms. The molecule has 162 valence electrons. The second-order valence-corrected chi connectivity index (χ2v) is 7.85. The van der Waals surface area contributed by atoms with Crippen molar-refractivity contribution >= 4 is 40.4 Å². The second kappa shape index (κ2) is 8.48. The van der Waals surface area contributed by atoms with E-state index in [4.69, 9.17) is 16.3 Å². The van der Waals surface area contributed by atoms with Gasteiger partial charge in [-0.05, 0) is 60.9 Å². The van der Waals surface area contributed by atoms with Crippen LogP contribution in [0.4, 0.5) is 15.8 Å². The van der Waals surface area contributed by atoms with E-state index in [2.05, 4.69) is 5.32 Å². The van der Waals surface area contributed by atoms with E-state index >= 15 is 0 Å². The van der Waals surface area contributed by atoms with Crippen LogP contribution in [0, 0.1) is 19.7 Å². The number of nitrogens with one attached hydrogen (secondary N) is 1. The minimum Gasteiger partial charge on any atom is -0.495 e. The molecule has 1 aliphatic rings. The highest BCUT2D eigenvalue weighted by molar-refractivity contribution is 6.46. The van der Waals surface area contributed by atoms with Crippen LogP contribution in [0.15, 0.2) is 66.4 Å². The Balaban J connectivity index is 1.90. The zero-order valence-electron chi connectivity index (χ0n) is 17.7. The second-order valence-electron chi connectivity index (χ2n) is 7.42. The fourth-order valence-corrected chi connectivity index (χ4v) is 3.75. The number of ether oxygens (including phenoxy) is 1. The third-order valence-electron chi connectivity index (χ3n) is 5.39. The van der Waals surface area contributed by atoms with Gasteiger partial charge in [0.2, 0.25) is 0 Å². The minimum absolute atomic E-state index is 0.0158. The molecule has 0 atom stereocenters. The maximum atomic E-state index is 14.5. The fraction of sp³-hybridized carbons (Fsp3) is 0.120. The largest absolute Gasteiger partial charge is 0.495 e. The number of rotatable bonds is 5. The molecule has 5 nitrogen and oxygen atoms in total. The van der Waals surface area contributed by atoms with Gasteiger partial charge >= 0.3 is 0 Å². The van der Waals surface area contributed by atoms with Gasteiger partial charge in [-0.15, -0.1) is 0 Å². The SMILES string of the molecule is COc1ccc(Cl)cc1NC1=C(c2ccc(C)c(C)c2)C(=O)N(c2ccccc2F)C1=O. The first-order valence-electron chi connectivity index (χ1n) is 9.87. The maximum Gasteiger partial charge on any atom is 0.282 e. The van der Waals surface area contributed by atoms with Crippen molar-refractivity contribution in [2.24, 2.45) is 0 Å². The first kappa shape index (κ1) is 21.6. The Hall–Kier alpha value is -3.64. The van der Waals surface area contributed by atoms with Crippen molar-refractivity contribution in [1.82, 2.24) is 0 Å². The number of imide groups is 1. The Morgan fingerprint density at radius 1 is 0.938 bits per heavy atom. The zero-order valence-corrected chi connectivity index (χ0v) is 18.5. The Morgan fingerprint density at radius 3 is 2.38 bits per heavy atom. The van der Waals surface area contributed by atoms with Gasteiger partial charge in [0.25, 0.3) is 11.8 Å². The van der Waals surface area contributed by atoms with E-state index in [0.29, 0.717) is 22.0 Å². The molecule has 3 aromatic rings. The summed E-state index contributed by atoms with van der Waals surface area (Å²) in [6.45, 7) is 3.87. The summed E-state index contributed by atoms with van der Waals surface area (Å²) in [7, 11) is 1.49. The molecule has 3 aromatic carbocycles. The Labute approximate surface area is 190 Å². The summed E-state index contributed by atoms with van der Waals surface area (Å²) in [5.41, 5.74) is 3.01. The van der Waals surface area contributed by atoms with Crippen molar-refractivity contribution < 1.29 is 18.7 Å². The molecule has 0 unspecified atom stereocenters. The number of aryl methyl sites for hydroxylation is 2. The van der Waals surface area contributed by atoms with Gasteiger partial charge in [-0.25, -0.2) is 9.29 Å². The lowest BCUT2D eigenvalue weighted by Gasteiger charge is -2.16. The third kappa shape index (κ3) is 3.74. The van der Waals surface area contributed by atoms with Crippen molar-refractivity contribution in [1.29, 1.82) is 0 Å². The zero-order chi connectivity index (χ0) is 23.0. The first-order chi connectivity index (χ1) is 15.3. The lowest BCUT2D eigenvalue weighted by atomic mass is 9.99. The number of hydrogen-bond acceptors (Lipinski definition) is 4. The summed E-state index contributed by atoms with van der Waals surface area (Å²) in [4.78, 5) is 27.8.